The van der Waals surface area contributed by atoms with Gasteiger partial charge in [0.05, 0.1) is 0 Å². The highest BCUT2D eigenvalue weighted by Gasteiger charge is 2.46. The highest BCUT2D eigenvalue weighted by Crippen LogP contribution is 2.34. The van der Waals surface area contributed by atoms with Gasteiger partial charge in [-0.3, -0.25) is 14.5 Å². The Balaban J connectivity index is 1.89. The highest BCUT2D eigenvalue weighted by molar-refractivity contribution is 5.80. The van der Waals surface area contributed by atoms with E-state index < -0.39 is 11.5 Å². The van der Waals surface area contributed by atoms with Crippen LogP contribution in [-0.4, -0.2) is 46.6 Å². The van der Waals surface area contributed by atoms with Crippen LogP contribution in [0, 0.1) is 0 Å². The van der Waals surface area contributed by atoms with Crippen LogP contribution in [0.4, 0.5) is 0 Å². The van der Waals surface area contributed by atoms with Gasteiger partial charge in [0.2, 0.25) is 5.91 Å². The second kappa shape index (κ2) is 5.90. The number of aliphatic carboxylic acids is 1. The number of carboxylic acid groups (broad SMARTS) is 1. The van der Waals surface area contributed by atoms with Gasteiger partial charge in [-0.1, -0.05) is 13.3 Å². The fraction of sp³-hybridized carbons (Fsp3) is 0.857. The van der Waals surface area contributed by atoms with E-state index >= 15 is 0 Å². The largest absolute Gasteiger partial charge is 0.480 e. The molecule has 5 heteroatoms. The third-order valence-electron chi connectivity index (χ3n) is 4.24. The number of hydrogen-bond donors (Lipinski definition) is 2. The summed E-state index contributed by atoms with van der Waals surface area (Å²) in [6.07, 6.45) is 5.74. The van der Waals surface area contributed by atoms with Crippen LogP contribution in [0.5, 0.6) is 0 Å². The van der Waals surface area contributed by atoms with Crippen molar-refractivity contribution >= 4 is 11.9 Å². The van der Waals surface area contributed by atoms with E-state index in [1.54, 1.807) is 0 Å². The Labute approximate surface area is 114 Å². The van der Waals surface area contributed by atoms with E-state index in [0.29, 0.717) is 31.8 Å². The molecule has 1 aliphatic heterocycles. The van der Waals surface area contributed by atoms with E-state index in [2.05, 4.69) is 5.32 Å². The lowest BCUT2D eigenvalue weighted by molar-refractivity contribution is -0.150. The first-order valence-electron chi connectivity index (χ1n) is 7.36. The predicted octanol–water partition coefficient (Wildman–Crippen LogP) is 1.37. The Kier molecular flexibility index (Phi) is 4.45. The monoisotopic (exact) mass is 268 g/mol. The standard InChI is InChI=1S/C14H24N2O3/c1-2-7-14(13(18)19)8-3-9-16(14)10-6-12(17)15-11-4-5-11/h11H,2-10H2,1H3,(H,15,17)(H,18,19). The Morgan fingerprint density at radius 1 is 1.42 bits per heavy atom. The van der Waals surface area contributed by atoms with Gasteiger partial charge in [-0.25, -0.2) is 0 Å². The van der Waals surface area contributed by atoms with E-state index in [4.69, 9.17) is 0 Å². The van der Waals surface area contributed by atoms with E-state index in [-0.39, 0.29) is 5.91 Å². The molecule has 0 aromatic carbocycles. The summed E-state index contributed by atoms with van der Waals surface area (Å²) in [4.78, 5) is 25.3. The number of hydrogen-bond acceptors (Lipinski definition) is 3. The third-order valence-corrected chi connectivity index (χ3v) is 4.24. The molecule has 1 saturated carbocycles. The van der Waals surface area contributed by atoms with Gasteiger partial charge in [-0.05, 0) is 38.6 Å². The molecule has 1 heterocycles. The summed E-state index contributed by atoms with van der Waals surface area (Å²) in [6, 6.07) is 0.381. The maximum Gasteiger partial charge on any atom is 0.324 e. The van der Waals surface area contributed by atoms with Crippen LogP contribution in [0.1, 0.15) is 51.9 Å². The summed E-state index contributed by atoms with van der Waals surface area (Å²) in [5.41, 5.74) is -0.728. The Hall–Kier alpha value is -1.10. The number of likely N-dealkylation sites (tertiary alicyclic amines) is 1. The number of carbonyl (C=O) groups excluding carboxylic acids is 1. The summed E-state index contributed by atoms with van der Waals surface area (Å²) in [6.45, 7) is 3.37. The van der Waals surface area contributed by atoms with Gasteiger partial charge in [-0.2, -0.15) is 0 Å². The van der Waals surface area contributed by atoms with Crippen LogP contribution >= 0.6 is 0 Å². The van der Waals surface area contributed by atoms with Gasteiger partial charge in [-0.15, -0.1) is 0 Å². The zero-order valence-electron chi connectivity index (χ0n) is 11.7. The lowest BCUT2D eigenvalue weighted by Gasteiger charge is -2.34. The topological polar surface area (TPSA) is 69.6 Å². The summed E-state index contributed by atoms with van der Waals surface area (Å²) in [5, 5.41) is 12.5. The van der Waals surface area contributed by atoms with Crippen LogP contribution in [0.25, 0.3) is 0 Å². The number of nitrogens with one attached hydrogen (secondary N) is 1. The molecular weight excluding hydrogens is 244 g/mol. The number of amides is 1. The molecule has 1 atom stereocenters. The quantitative estimate of drug-likeness (QED) is 0.732. The summed E-state index contributed by atoms with van der Waals surface area (Å²) in [5.74, 6) is -0.667. The minimum Gasteiger partial charge on any atom is -0.480 e. The second-order valence-corrected chi connectivity index (χ2v) is 5.77. The zero-order chi connectivity index (χ0) is 13.9. The minimum atomic E-state index is -0.728. The minimum absolute atomic E-state index is 0.0604. The van der Waals surface area contributed by atoms with Crippen LogP contribution in [0.2, 0.25) is 0 Å². The van der Waals surface area contributed by atoms with E-state index in [9.17, 15) is 14.7 Å². The number of nitrogens with zero attached hydrogens (tertiary/aromatic N) is 1. The molecule has 108 valence electrons. The molecule has 5 nitrogen and oxygen atoms in total. The molecule has 1 amide bonds. The van der Waals surface area contributed by atoms with E-state index in [1.165, 1.54) is 0 Å². The number of carboxylic acids is 1. The number of carbonyl (C=O) groups is 2. The predicted molar refractivity (Wildman–Crippen MR) is 71.9 cm³/mol. The molecule has 2 N–H and O–H groups in total. The van der Waals surface area contributed by atoms with Gasteiger partial charge < -0.3 is 10.4 Å². The molecule has 2 fully saturated rings. The lowest BCUT2D eigenvalue weighted by Crippen LogP contribution is -2.51. The van der Waals surface area contributed by atoms with E-state index in [1.807, 2.05) is 11.8 Å². The first kappa shape index (κ1) is 14.3. The van der Waals surface area contributed by atoms with Gasteiger partial charge >= 0.3 is 5.97 Å². The van der Waals surface area contributed by atoms with Crippen molar-refractivity contribution in [3.63, 3.8) is 0 Å². The molecule has 1 aliphatic carbocycles. The SMILES string of the molecule is CCCC1(C(=O)O)CCCN1CCC(=O)NC1CC1. The van der Waals surface area contributed by atoms with E-state index in [0.717, 1.165) is 32.2 Å². The Morgan fingerprint density at radius 3 is 2.74 bits per heavy atom. The van der Waals surface area contributed by atoms with Crippen molar-refractivity contribution in [1.82, 2.24) is 10.2 Å². The Bertz CT molecular complexity index is 355. The lowest BCUT2D eigenvalue weighted by atomic mass is 9.90. The summed E-state index contributed by atoms with van der Waals surface area (Å²) >= 11 is 0. The summed E-state index contributed by atoms with van der Waals surface area (Å²) in [7, 11) is 0. The van der Waals surface area contributed by atoms with Gasteiger partial charge in [0, 0.05) is 19.0 Å². The van der Waals surface area contributed by atoms with Crippen molar-refractivity contribution in [3.05, 3.63) is 0 Å². The summed E-state index contributed by atoms with van der Waals surface area (Å²) < 4.78 is 0. The third kappa shape index (κ3) is 3.26. The second-order valence-electron chi connectivity index (χ2n) is 5.77. The zero-order valence-corrected chi connectivity index (χ0v) is 11.7. The smallest absolute Gasteiger partial charge is 0.324 e. The first-order valence-corrected chi connectivity index (χ1v) is 7.36. The van der Waals surface area contributed by atoms with Crippen LogP contribution in [-0.2, 0) is 9.59 Å². The van der Waals surface area contributed by atoms with Gasteiger partial charge in [0.15, 0.2) is 0 Å². The normalized spacial score (nSPS) is 27.4. The first-order chi connectivity index (χ1) is 9.08. The van der Waals surface area contributed by atoms with Crippen LogP contribution in [0.15, 0.2) is 0 Å². The maximum absolute atomic E-state index is 11.7. The molecule has 19 heavy (non-hydrogen) atoms. The van der Waals surface area contributed by atoms with Crippen LogP contribution in [0.3, 0.4) is 0 Å². The van der Waals surface area contributed by atoms with Crippen molar-refractivity contribution in [1.29, 1.82) is 0 Å². The molecule has 0 aromatic heterocycles. The average Bonchev–Trinajstić information content (AvgIpc) is 3.06. The highest BCUT2D eigenvalue weighted by atomic mass is 16.4. The van der Waals surface area contributed by atoms with Crippen LogP contribution < -0.4 is 5.32 Å². The molecule has 0 radical (unpaired) electrons. The fourth-order valence-electron chi connectivity index (χ4n) is 3.07. The maximum atomic E-state index is 11.7. The molecular formula is C14H24N2O3. The average molecular weight is 268 g/mol. The molecule has 0 spiro atoms. The molecule has 2 rings (SSSR count). The molecule has 1 unspecified atom stereocenters. The Morgan fingerprint density at radius 2 is 2.16 bits per heavy atom. The molecule has 2 aliphatic rings. The molecule has 0 aromatic rings. The van der Waals surface area contributed by atoms with Crippen molar-refractivity contribution in [2.24, 2.45) is 0 Å². The molecule has 1 saturated heterocycles. The van der Waals surface area contributed by atoms with Crippen molar-refractivity contribution in [3.8, 4) is 0 Å². The van der Waals surface area contributed by atoms with Gasteiger partial charge in [0.25, 0.3) is 0 Å². The number of rotatable bonds is 7. The van der Waals surface area contributed by atoms with Crippen molar-refractivity contribution in [2.45, 2.75) is 63.5 Å². The van der Waals surface area contributed by atoms with Gasteiger partial charge in [0.1, 0.15) is 5.54 Å². The van der Waals surface area contributed by atoms with Crippen molar-refractivity contribution < 1.29 is 14.7 Å². The molecule has 0 bridgehead atoms. The fourth-order valence-corrected chi connectivity index (χ4v) is 3.07. The van der Waals surface area contributed by atoms with Crippen molar-refractivity contribution in [2.75, 3.05) is 13.1 Å².